The molecule has 1 aliphatic rings. The molecule has 1 fully saturated rings. The number of aromatic nitrogens is 2. The second kappa shape index (κ2) is 4.25. The Morgan fingerprint density at radius 2 is 2.38 bits per heavy atom. The fourth-order valence-electron chi connectivity index (χ4n) is 1.63. The Labute approximate surface area is 100 Å². The summed E-state index contributed by atoms with van der Waals surface area (Å²) in [7, 11) is 1.76. The summed E-state index contributed by atoms with van der Waals surface area (Å²) in [5, 5.41) is 8.98. The topological polar surface area (TPSA) is 78.1 Å². The molecule has 0 bridgehead atoms. The normalized spacial score (nSPS) is 20.2. The molecule has 16 heavy (non-hydrogen) atoms. The van der Waals surface area contributed by atoms with Gasteiger partial charge in [0.1, 0.15) is 10.5 Å². The number of carbonyl (C=O) groups is 1. The van der Waals surface area contributed by atoms with Crippen molar-refractivity contribution >= 4 is 27.5 Å². The summed E-state index contributed by atoms with van der Waals surface area (Å²) in [5.74, 6) is 0.0344. The molecular formula is C9H11BrN4O2. The minimum absolute atomic E-state index is 0.0344. The zero-order valence-electron chi connectivity index (χ0n) is 8.66. The lowest BCUT2D eigenvalue weighted by molar-refractivity contribution is -0.127. The Balaban J connectivity index is 2.19. The first kappa shape index (κ1) is 11.1. The third-order valence-corrected chi connectivity index (χ3v) is 3.34. The maximum absolute atomic E-state index is 11.6. The number of anilines is 1. The number of hydrogen-bond donors (Lipinski definition) is 2. The highest BCUT2D eigenvalue weighted by Gasteiger charge is 2.29. The highest BCUT2D eigenvalue weighted by atomic mass is 79.9. The standard InChI is InChI=1S/C9H11BrN4O2/c1-14-3-2-5(9(14)16)12-6-4-11-13-8(15)7(6)10/h4-5H,2-3H2,1H3,(H2,12,13,15). The van der Waals surface area contributed by atoms with Gasteiger partial charge in [-0.15, -0.1) is 0 Å². The SMILES string of the molecule is CN1CCC(Nc2cn[nH]c(=O)c2Br)C1=O. The van der Waals surface area contributed by atoms with Crippen LogP contribution < -0.4 is 10.9 Å². The van der Waals surface area contributed by atoms with Crippen LogP contribution >= 0.6 is 15.9 Å². The van der Waals surface area contributed by atoms with E-state index >= 15 is 0 Å². The van der Waals surface area contributed by atoms with Crippen LogP contribution in [-0.4, -0.2) is 40.6 Å². The number of hydrogen-bond acceptors (Lipinski definition) is 4. The van der Waals surface area contributed by atoms with E-state index in [1.54, 1.807) is 11.9 Å². The van der Waals surface area contributed by atoms with E-state index in [4.69, 9.17) is 0 Å². The second-order valence-electron chi connectivity index (χ2n) is 3.67. The van der Waals surface area contributed by atoms with Gasteiger partial charge in [0.05, 0.1) is 11.9 Å². The monoisotopic (exact) mass is 286 g/mol. The number of nitrogens with one attached hydrogen (secondary N) is 2. The lowest BCUT2D eigenvalue weighted by Crippen LogP contribution is -2.31. The summed E-state index contributed by atoms with van der Waals surface area (Å²) in [6.07, 6.45) is 2.21. The van der Waals surface area contributed by atoms with Gasteiger partial charge >= 0.3 is 0 Å². The maximum Gasteiger partial charge on any atom is 0.280 e. The van der Waals surface area contributed by atoms with Crippen molar-refractivity contribution in [1.82, 2.24) is 15.1 Å². The fraction of sp³-hybridized carbons (Fsp3) is 0.444. The van der Waals surface area contributed by atoms with E-state index < -0.39 is 0 Å². The van der Waals surface area contributed by atoms with Gasteiger partial charge in [-0.25, -0.2) is 5.10 Å². The zero-order valence-corrected chi connectivity index (χ0v) is 10.2. The number of aromatic amines is 1. The number of H-pyrrole nitrogens is 1. The van der Waals surface area contributed by atoms with Crippen LogP contribution in [0.5, 0.6) is 0 Å². The van der Waals surface area contributed by atoms with Crippen molar-refractivity contribution in [2.75, 3.05) is 18.9 Å². The summed E-state index contributed by atoms with van der Waals surface area (Å²) in [4.78, 5) is 24.6. The molecule has 2 rings (SSSR count). The molecule has 0 spiro atoms. The van der Waals surface area contributed by atoms with E-state index in [2.05, 4.69) is 31.4 Å². The number of rotatable bonds is 2. The first-order valence-corrected chi connectivity index (χ1v) is 5.63. The molecule has 0 aliphatic carbocycles. The smallest absolute Gasteiger partial charge is 0.280 e. The molecule has 2 N–H and O–H groups in total. The zero-order chi connectivity index (χ0) is 11.7. The fourth-order valence-corrected chi connectivity index (χ4v) is 1.93. The van der Waals surface area contributed by atoms with Gasteiger partial charge in [0.25, 0.3) is 5.56 Å². The molecule has 0 saturated carbocycles. The number of carbonyl (C=O) groups excluding carboxylic acids is 1. The molecule has 0 aromatic carbocycles. The van der Waals surface area contributed by atoms with Crippen LogP contribution in [0, 0.1) is 0 Å². The van der Waals surface area contributed by atoms with Crippen LogP contribution in [0.4, 0.5) is 5.69 Å². The maximum atomic E-state index is 11.6. The van der Waals surface area contributed by atoms with Crippen LogP contribution in [-0.2, 0) is 4.79 Å². The van der Waals surface area contributed by atoms with Gasteiger partial charge in [-0.2, -0.15) is 5.10 Å². The van der Waals surface area contributed by atoms with Crippen molar-refractivity contribution in [2.24, 2.45) is 0 Å². The minimum Gasteiger partial charge on any atom is -0.371 e. The molecule has 6 nitrogen and oxygen atoms in total. The summed E-state index contributed by atoms with van der Waals surface area (Å²) in [6.45, 7) is 0.727. The molecular weight excluding hydrogens is 276 g/mol. The summed E-state index contributed by atoms with van der Waals surface area (Å²) in [6, 6.07) is -0.273. The van der Waals surface area contributed by atoms with Gasteiger partial charge in [-0.3, -0.25) is 9.59 Å². The van der Waals surface area contributed by atoms with Gasteiger partial charge in [0.15, 0.2) is 0 Å². The molecule has 1 aromatic heterocycles. The summed E-state index contributed by atoms with van der Waals surface area (Å²) >= 11 is 3.15. The van der Waals surface area contributed by atoms with Crippen molar-refractivity contribution in [2.45, 2.75) is 12.5 Å². The van der Waals surface area contributed by atoms with Crippen LogP contribution in [0.1, 0.15) is 6.42 Å². The number of nitrogens with zero attached hydrogens (tertiary/aromatic N) is 2. The first-order chi connectivity index (χ1) is 7.59. The largest absolute Gasteiger partial charge is 0.371 e. The molecule has 1 amide bonds. The van der Waals surface area contributed by atoms with Crippen molar-refractivity contribution < 1.29 is 4.79 Å². The second-order valence-corrected chi connectivity index (χ2v) is 4.47. The van der Waals surface area contributed by atoms with Crippen molar-refractivity contribution in [3.63, 3.8) is 0 Å². The summed E-state index contributed by atoms with van der Waals surface area (Å²) in [5.41, 5.74) is 0.223. The highest BCUT2D eigenvalue weighted by Crippen LogP contribution is 2.20. The van der Waals surface area contributed by atoms with E-state index in [1.165, 1.54) is 6.20 Å². The van der Waals surface area contributed by atoms with Crippen LogP contribution in [0.3, 0.4) is 0 Å². The highest BCUT2D eigenvalue weighted by molar-refractivity contribution is 9.10. The minimum atomic E-state index is -0.316. The Kier molecular flexibility index (Phi) is 2.95. The van der Waals surface area contributed by atoms with E-state index in [0.717, 1.165) is 13.0 Å². The van der Waals surface area contributed by atoms with Crippen LogP contribution in [0.25, 0.3) is 0 Å². The number of likely N-dealkylation sites (tertiary alicyclic amines) is 1. The average Bonchev–Trinajstić information content (AvgIpc) is 2.57. The predicted octanol–water partition coefficient (Wildman–Crippen LogP) is 0.175. The molecule has 1 unspecified atom stereocenters. The lowest BCUT2D eigenvalue weighted by atomic mass is 10.2. The van der Waals surface area contributed by atoms with Crippen molar-refractivity contribution in [1.29, 1.82) is 0 Å². The van der Waals surface area contributed by atoms with Crippen LogP contribution in [0.15, 0.2) is 15.5 Å². The predicted molar refractivity (Wildman–Crippen MR) is 62.2 cm³/mol. The summed E-state index contributed by atoms with van der Waals surface area (Å²) < 4.78 is 0.366. The molecule has 7 heteroatoms. The Morgan fingerprint density at radius 3 is 3.00 bits per heavy atom. The Morgan fingerprint density at radius 1 is 1.62 bits per heavy atom. The van der Waals surface area contributed by atoms with Gasteiger partial charge in [-0.05, 0) is 22.4 Å². The van der Waals surface area contributed by atoms with Crippen molar-refractivity contribution in [3.05, 3.63) is 21.0 Å². The van der Waals surface area contributed by atoms with E-state index in [-0.39, 0.29) is 17.5 Å². The van der Waals surface area contributed by atoms with E-state index in [0.29, 0.717) is 10.2 Å². The lowest BCUT2D eigenvalue weighted by Gasteiger charge is -2.13. The van der Waals surface area contributed by atoms with Gasteiger partial charge in [0, 0.05) is 13.6 Å². The number of likely N-dealkylation sites (N-methyl/N-ethyl adjacent to an activating group) is 1. The molecule has 1 aliphatic heterocycles. The Hall–Kier alpha value is -1.37. The van der Waals surface area contributed by atoms with Gasteiger partial charge in [-0.1, -0.05) is 0 Å². The van der Waals surface area contributed by atoms with Gasteiger partial charge in [0.2, 0.25) is 5.91 Å². The molecule has 86 valence electrons. The number of halogens is 1. The molecule has 1 aromatic rings. The number of amides is 1. The molecule has 0 radical (unpaired) electrons. The van der Waals surface area contributed by atoms with Crippen molar-refractivity contribution in [3.8, 4) is 0 Å². The third kappa shape index (κ3) is 1.95. The quantitative estimate of drug-likeness (QED) is 0.813. The molecule has 1 saturated heterocycles. The first-order valence-electron chi connectivity index (χ1n) is 4.84. The van der Waals surface area contributed by atoms with Crippen LogP contribution in [0.2, 0.25) is 0 Å². The van der Waals surface area contributed by atoms with E-state index in [1.807, 2.05) is 0 Å². The molecule has 1 atom stereocenters. The average molecular weight is 287 g/mol. The van der Waals surface area contributed by atoms with E-state index in [9.17, 15) is 9.59 Å². The van der Waals surface area contributed by atoms with Gasteiger partial charge < -0.3 is 10.2 Å². The molecule has 2 heterocycles. The third-order valence-electron chi connectivity index (χ3n) is 2.55. The Bertz CT molecular complexity index is 473.